The Morgan fingerprint density at radius 3 is 2.30 bits per heavy atom. The fourth-order valence-electron chi connectivity index (χ4n) is 1.62. The molecule has 0 fully saturated rings. The van der Waals surface area contributed by atoms with E-state index in [1.165, 1.54) is 42.5 Å². The number of sulfone groups is 1. The second-order valence-corrected chi connectivity index (χ2v) is 6.28. The summed E-state index contributed by atoms with van der Waals surface area (Å²) in [6.45, 7) is 0. The highest BCUT2D eigenvalue weighted by atomic mass is 32.2. The minimum atomic E-state index is -3.27. The number of hydrogen-bond acceptors (Lipinski definition) is 3. The Morgan fingerprint density at radius 2 is 1.75 bits per heavy atom. The van der Waals surface area contributed by atoms with Crippen LogP contribution in [0.5, 0.6) is 0 Å². The van der Waals surface area contributed by atoms with E-state index in [1.54, 1.807) is 0 Å². The van der Waals surface area contributed by atoms with Gasteiger partial charge in [-0.1, -0.05) is 6.07 Å². The lowest BCUT2D eigenvalue weighted by Crippen LogP contribution is -2.12. The molecule has 0 spiro atoms. The normalized spacial score (nSPS) is 11.1. The van der Waals surface area contributed by atoms with Crippen LogP contribution in [0.4, 0.5) is 10.1 Å². The Balaban J connectivity index is 2.16. The van der Waals surface area contributed by atoms with Gasteiger partial charge in [-0.2, -0.15) is 0 Å². The van der Waals surface area contributed by atoms with Gasteiger partial charge in [-0.05, 0) is 42.5 Å². The molecule has 2 rings (SSSR count). The largest absolute Gasteiger partial charge is 0.322 e. The van der Waals surface area contributed by atoms with Gasteiger partial charge in [-0.15, -0.1) is 0 Å². The van der Waals surface area contributed by atoms with Crippen molar-refractivity contribution in [3.8, 4) is 0 Å². The molecule has 0 radical (unpaired) electrons. The Bertz CT molecular complexity index is 739. The molecule has 0 unspecified atom stereocenters. The van der Waals surface area contributed by atoms with Gasteiger partial charge in [0.25, 0.3) is 5.91 Å². The van der Waals surface area contributed by atoms with E-state index in [-0.39, 0.29) is 10.5 Å². The number of rotatable bonds is 3. The standard InChI is InChI=1S/C14H12FNO3S/c1-20(18,19)13-7-5-12(6-8-13)16-14(17)10-3-2-4-11(15)9-10/h2-9H,1H3,(H,16,17). The third kappa shape index (κ3) is 3.42. The third-order valence-electron chi connectivity index (χ3n) is 2.63. The number of amides is 1. The van der Waals surface area contributed by atoms with E-state index in [9.17, 15) is 17.6 Å². The third-order valence-corrected chi connectivity index (χ3v) is 3.76. The van der Waals surface area contributed by atoms with Crippen LogP contribution in [0.1, 0.15) is 10.4 Å². The van der Waals surface area contributed by atoms with Gasteiger partial charge < -0.3 is 5.32 Å². The van der Waals surface area contributed by atoms with Crippen molar-refractivity contribution < 1.29 is 17.6 Å². The van der Waals surface area contributed by atoms with Crippen LogP contribution in [0.25, 0.3) is 0 Å². The van der Waals surface area contributed by atoms with Crippen molar-refractivity contribution in [1.29, 1.82) is 0 Å². The fourth-order valence-corrected chi connectivity index (χ4v) is 2.25. The second kappa shape index (κ2) is 5.42. The molecule has 0 aromatic heterocycles. The summed E-state index contributed by atoms with van der Waals surface area (Å²) in [6, 6.07) is 11.1. The molecule has 2 aromatic carbocycles. The molecule has 0 aliphatic carbocycles. The first kappa shape index (κ1) is 14.2. The summed E-state index contributed by atoms with van der Waals surface area (Å²) in [5.74, 6) is -0.957. The summed E-state index contributed by atoms with van der Waals surface area (Å²) in [5, 5.41) is 2.56. The molecule has 0 saturated heterocycles. The minimum Gasteiger partial charge on any atom is -0.322 e. The summed E-state index contributed by atoms with van der Waals surface area (Å²) in [6.07, 6.45) is 1.10. The van der Waals surface area contributed by atoms with E-state index in [1.807, 2.05) is 0 Å². The van der Waals surface area contributed by atoms with Gasteiger partial charge in [-0.25, -0.2) is 12.8 Å². The quantitative estimate of drug-likeness (QED) is 0.945. The number of anilines is 1. The molecule has 4 nitrogen and oxygen atoms in total. The SMILES string of the molecule is CS(=O)(=O)c1ccc(NC(=O)c2cccc(F)c2)cc1. The zero-order chi connectivity index (χ0) is 14.8. The van der Waals surface area contributed by atoms with Crippen LogP contribution < -0.4 is 5.32 Å². The topological polar surface area (TPSA) is 63.2 Å². The van der Waals surface area contributed by atoms with Crippen LogP contribution in [0.3, 0.4) is 0 Å². The van der Waals surface area contributed by atoms with E-state index in [0.717, 1.165) is 12.3 Å². The molecule has 104 valence electrons. The van der Waals surface area contributed by atoms with E-state index < -0.39 is 21.6 Å². The lowest BCUT2D eigenvalue weighted by molar-refractivity contribution is 0.102. The number of nitrogens with one attached hydrogen (secondary N) is 1. The van der Waals surface area contributed by atoms with E-state index in [0.29, 0.717) is 5.69 Å². The maximum Gasteiger partial charge on any atom is 0.255 e. The van der Waals surface area contributed by atoms with Gasteiger partial charge in [0.15, 0.2) is 9.84 Å². The molecular formula is C14H12FNO3S. The lowest BCUT2D eigenvalue weighted by atomic mass is 10.2. The Morgan fingerprint density at radius 1 is 1.10 bits per heavy atom. The summed E-state index contributed by atoms with van der Waals surface area (Å²) in [4.78, 5) is 12.0. The highest BCUT2D eigenvalue weighted by molar-refractivity contribution is 7.90. The van der Waals surface area contributed by atoms with Crippen LogP contribution in [0.2, 0.25) is 0 Å². The van der Waals surface area contributed by atoms with Crippen LogP contribution in [-0.4, -0.2) is 20.6 Å². The average molecular weight is 293 g/mol. The minimum absolute atomic E-state index is 0.168. The Kier molecular flexibility index (Phi) is 3.85. The zero-order valence-corrected chi connectivity index (χ0v) is 11.4. The van der Waals surface area contributed by atoms with Crippen molar-refractivity contribution in [3.05, 3.63) is 59.9 Å². The van der Waals surface area contributed by atoms with Crippen LogP contribution >= 0.6 is 0 Å². The van der Waals surface area contributed by atoms with E-state index in [2.05, 4.69) is 5.32 Å². The van der Waals surface area contributed by atoms with Crippen LogP contribution in [0.15, 0.2) is 53.4 Å². The summed E-state index contributed by atoms with van der Waals surface area (Å²) >= 11 is 0. The number of benzene rings is 2. The molecule has 0 bridgehead atoms. The number of halogens is 1. The highest BCUT2D eigenvalue weighted by Crippen LogP contribution is 2.15. The first-order valence-corrected chi connectivity index (χ1v) is 7.62. The molecule has 0 heterocycles. The monoisotopic (exact) mass is 293 g/mol. The maximum absolute atomic E-state index is 13.0. The fraction of sp³-hybridized carbons (Fsp3) is 0.0714. The van der Waals surface area contributed by atoms with Gasteiger partial charge in [0.1, 0.15) is 5.82 Å². The smallest absolute Gasteiger partial charge is 0.255 e. The van der Waals surface area contributed by atoms with Crippen molar-refractivity contribution in [1.82, 2.24) is 0 Å². The number of carbonyl (C=O) groups is 1. The molecule has 20 heavy (non-hydrogen) atoms. The van der Waals surface area contributed by atoms with Gasteiger partial charge in [0.2, 0.25) is 0 Å². The predicted octanol–water partition coefficient (Wildman–Crippen LogP) is 2.48. The summed E-state index contributed by atoms with van der Waals surface area (Å²) < 4.78 is 35.6. The molecule has 0 saturated carbocycles. The molecule has 0 aliphatic heterocycles. The van der Waals surface area contributed by atoms with Crippen molar-refractivity contribution in [2.75, 3.05) is 11.6 Å². The predicted molar refractivity (Wildman–Crippen MR) is 73.9 cm³/mol. The lowest BCUT2D eigenvalue weighted by Gasteiger charge is -2.06. The van der Waals surface area contributed by atoms with Gasteiger partial charge >= 0.3 is 0 Å². The molecule has 0 atom stereocenters. The Labute approximate surface area is 116 Å². The second-order valence-electron chi connectivity index (χ2n) is 4.26. The molecular weight excluding hydrogens is 281 g/mol. The number of carbonyl (C=O) groups excluding carboxylic acids is 1. The van der Waals surface area contributed by atoms with Crippen molar-refractivity contribution in [3.63, 3.8) is 0 Å². The van der Waals surface area contributed by atoms with Crippen LogP contribution in [0, 0.1) is 5.82 Å². The molecule has 6 heteroatoms. The van der Waals surface area contributed by atoms with Gasteiger partial charge in [0, 0.05) is 17.5 Å². The van der Waals surface area contributed by atoms with E-state index in [4.69, 9.17) is 0 Å². The first-order chi connectivity index (χ1) is 9.36. The maximum atomic E-state index is 13.0. The van der Waals surface area contributed by atoms with Gasteiger partial charge in [-0.3, -0.25) is 4.79 Å². The number of hydrogen-bond donors (Lipinski definition) is 1. The summed E-state index contributed by atoms with van der Waals surface area (Å²) in [7, 11) is -3.27. The first-order valence-electron chi connectivity index (χ1n) is 5.73. The molecule has 1 amide bonds. The highest BCUT2D eigenvalue weighted by Gasteiger charge is 2.09. The average Bonchev–Trinajstić information content (AvgIpc) is 2.38. The molecule has 2 aromatic rings. The molecule has 0 aliphatic rings. The Hall–Kier alpha value is -2.21. The van der Waals surface area contributed by atoms with Crippen molar-refractivity contribution in [2.45, 2.75) is 4.90 Å². The van der Waals surface area contributed by atoms with Crippen LogP contribution in [-0.2, 0) is 9.84 Å². The van der Waals surface area contributed by atoms with E-state index >= 15 is 0 Å². The molecule has 1 N–H and O–H groups in total. The summed E-state index contributed by atoms with van der Waals surface area (Å²) in [5.41, 5.74) is 0.629. The van der Waals surface area contributed by atoms with Crippen molar-refractivity contribution >= 4 is 21.4 Å². The van der Waals surface area contributed by atoms with Gasteiger partial charge in [0.05, 0.1) is 4.90 Å². The van der Waals surface area contributed by atoms with Crippen molar-refractivity contribution in [2.24, 2.45) is 0 Å². The zero-order valence-electron chi connectivity index (χ0n) is 10.6.